The van der Waals surface area contributed by atoms with Gasteiger partial charge in [-0.05, 0) is 40.2 Å². The number of hydrogen-bond donors (Lipinski definition) is 2. The number of amides is 1. The molecule has 2 aliphatic rings. The van der Waals surface area contributed by atoms with E-state index in [1.54, 1.807) is 0 Å². The smallest absolute Gasteiger partial charge is 0.223 e. The molecule has 1 amide bonds. The summed E-state index contributed by atoms with van der Waals surface area (Å²) in [6, 6.07) is 0.451. The first-order valence-corrected chi connectivity index (χ1v) is 7.83. The van der Waals surface area contributed by atoms with Crippen LogP contribution in [0.3, 0.4) is 0 Å². The molecule has 0 aromatic carbocycles. The van der Waals surface area contributed by atoms with Crippen LogP contribution in [0.15, 0.2) is 0 Å². The van der Waals surface area contributed by atoms with Crippen molar-refractivity contribution in [2.45, 2.75) is 45.2 Å². The Labute approximate surface area is 122 Å². The van der Waals surface area contributed by atoms with Crippen LogP contribution in [0.4, 0.5) is 0 Å². The molecule has 0 radical (unpaired) electrons. The van der Waals surface area contributed by atoms with Gasteiger partial charge in [-0.2, -0.15) is 0 Å². The maximum Gasteiger partial charge on any atom is 0.223 e. The van der Waals surface area contributed by atoms with E-state index in [4.69, 9.17) is 4.74 Å². The van der Waals surface area contributed by atoms with Crippen molar-refractivity contribution in [2.75, 3.05) is 39.4 Å². The molecule has 0 aliphatic carbocycles. The largest absolute Gasteiger partial charge is 0.379 e. The first kappa shape index (κ1) is 15.7. The zero-order chi connectivity index (χ0) is 14.6. The first-order chi connectivity index (χ1) is 9.49. The molecule has 116 valence electrons. The Hall–Kier alpha value is -0.650. The van der Waals surface area contributed by atoms with Gasteiger partial charge in [-0.3, -0.25) is 9.69 Å². The minimum absolute atomic E-state index is 0.00201. The number of rotatable bonds is 4. The molecule has 0 spiro atoms. The summed E-state index contributed by atoms with van der Waals surface area (Å²) in [6.45, 7) is 11.7. The van der Waals surface area contributed by atoms with Gasteiger partial charge >= 0.3 is 0 Å². The highest BCUT2D eigenvalue weighted by Gasteiger charge is 2.30. The summed E-state index contributed by atoms with van der Waals surface area (Å²) in [4.78, 5) is 14.7. The fourth-order valence-corrected chi connectivity index (χ4v) is 3.10. The van der Waals surface area contributed by atoms with Crippen LogP contribution in [0, 0.1) is 5.92 Å². The highest BCUT2D eigenvalue weighted by atomic mass is 16.5. The third-order valence-corrected chi connectivity index (χ3v) is 4.56. The van der Waals surface area contributed by atoms with Crippen LogP contribution >= 0.6 is 0 Å². The molecule has 2 N–H and O–H groups in total. The van der Waals surface area contributed by atoms with Crippen LogP contribution in [0.25, 0.3) is 0 Å². The van der Waals surface area contributed by atoms with Crippen molar-refractivity contribution < 1.29 is 9.53 Å². The van der Waals surface area contributed by atoms with E-state index >= 15 is 0 Å². The summed E-state index contributed by atoms with van der Waals surface area (Å²) in [5, 5.41) is 6.55. The molecule has 2 rings (SSSR count). The molecule has 0 aromatic rings. The topological polar surface area (TPSA) is 53.6 Å². The molecule has 20 heavy (non-hydrogen) atoms. The average Bonchev–Trinajstić information content (AvgIpc) is 2.46. The molecule has 2 saturated heterocycles. The highest BCUT2D eigenvalue weighted by Crippen LogP contribution is 2.18. The first-order valence-electron chi connectivity index (χ1n) is 7.83. The van der Waals surface area contributed by atoms with Crippen molar-refractivity contribution in [3.63, 3.8) is 0 Å². The third kappa shape index (κ3) is 4.17. The second-order valence-electron chi connectivity index (χ2n) is 6.71. The number of morpholine rings is 1. The Balaban J connectivity index is 1.79. The standard InChI is InChI=1S/C15H29N3O2/c1-12-10-13(4-5-16-12)14(19)17-11-15(2,3)18-6-8-20-9-7-18/h12-13,16H,4-11H2,1-3H3,(H,17,19). The van der Waals surface area contributed by atoms with E-state index in [-0.39, 0.29) is 17.4 Å². The van der Waals surface area contributed by atoms with Crippen LogP contribution < -0.4 is 10.6 Å². The molecular formula is C15H29N3O2. The van der Waals surface area contributed by atoms with Crippen molar-refractivity contribution in [1.82, 2.24) is 15.5 Å². The number of nitrogens with one attached hydrogen (secondary N) is 2. The fraction of sp³-hybridized carbons (Fsp3) is 0.933. The minimum atomic E-state index is -0.00201. The second kappa shape index (κ2) is 6.87. The number of carbonyl (C=O) groups is 1. The van der Waals surface area contributed by atoms with E-state index in [0.29, 0.717) is 12.6 Å². The van der Waals surface area contributed by atoms with Gasteiger partial charge in [0.2, 0.25) is 5.91 Å². The van der Waals surface area contributed by atoms with E-state index in [1.165, 1.54) is 0 Å². The summed E-state index contributed by atoms with van der Waals surface area (Å²) >= 11 is 0. The zero-order valence-corrected chi connectivity index (χ0v) is 13.1. The van der Waals surface area contributed by atoms with E-state index in [2.05, 4.69) is 36.3 Å². The number of hydrogen-bond acceptors (Lipinski definition) is 4. The van der Waals surface area contributed by atoms with E-state index in [0.717, 1.165) is 45.7 Å². The van der Waals surface area contributed by atoms with Crippen LogP contribution in [-0.4, -0.2) is 61.8 Å². The summed E-state index contributed by atoms with van der Waals surface area (Å²) in [7, 11) is 0. The lowest BCUT2D eigenvalue weighted by molar-refractivity contribution is -0.126. The van der Waals surface area contributed by atoms with Crippen molar-refractivity contribution in [2.24, 2.45) is 5.92 Å². The molecule has 5 heteroatoms. The van der Waals surface area contributed by atoms with Crippen LogP contribution in [0.2, 0.25) is 0 Å². The van der Waals surface area contributed by atoms with E-state index in [9.17, 15) is 4.79 Å². The number of carbonyl (C=O) groups excluding carboxylic acids is 1. The molecule has 0 bridgehead atoms. The number of piperidine rings is 1. The minimum Gasteiger partial charge on any atom is -0.379 e. The predicted octanol–water partition coefficient (Wildman–Crippen LogP) is 0.602. The van der Waals surface area contributed by atoms with E-state index in [1.807, 2.05) is 0 Å². The Kier molecular flexibility index (Phi) is 5.41. The lowest BCUT2D eigenvalue weighted by Crippen LogP contribution is -2.56. The van der Waals surface area contributed by atoms with Gasteiger partial charge in [0.25, 0.3) is 0 Å². The highest BCUT2D eigenvalue weighted by molar-refractivity contribution is 5.78. The molecule has 5 nitrogen and oxygen atoms in total. The molecule has 2 atom stereocenters. The van der Waals surface area contributed by atoms with Gasteiger partial charge in [0, 0.05) is 37.1 Å². The fourth-order valence-electron chi connectivity index (χ4n) is 3.10. The monoisotopic (exact) mass is 283 g/mol. The van der Waals surface area contributed by atoms with Crippen molar-refractivity contribution >= 4 is 5.91 Å². The quantitative estimate of drug-likeness (QED) is 0.793. The zero-order valence-electron chi connectivity index (χ0n) is 13.1. The molecular weight excluding hydrogens is 254 g/mol. The summed E-state index contributed by atoms with van der Waals surface area (Å²) in [5.74, 6) is 0.395. The molecule has 2 aliphatic heterocycles. The van der Waals surface area contributed by atoms with Gasteiger partial charge in [0.1, 0.15) is 0 Å². The molecule has 2 unspecified atom stereocenters. The molecule has 2 fully saturated rings. The van der Waals surface area contributed by atoms with Gasteiger partial charge in [-0.15, -0.1) is 0 Å². The van der Waals surface area contributed by atoms with Crippen LogP contribution in [0.5, 0.6) is 0 Å². The Morgan fingerprint density at radius 1 is 1.40 bits per heavy atom. The Morgan fingerprint density at radius 2 is 2.10 bits per heavy atom. The maximum absolute atomic E-state index is 12.3. The van der Waals surface area contributed by atoms with Crippen molar-refractivity contribution in [1.29, 1.82) is 0 Å². The van der Waals surface area contributed by atoms with Crippen molar-refractivity contribution in [3.8, 4) is 0 Å². The van der Waals surface area contributed by atoms with Gasteiger partial charge < -0.3 is 15.4 Å². The third-order valence-electron chi connectivity index (χ3n) is 4.56. The van der Waals surface area contributed by atoms with E-state index < -0.39 is 0 Å². The SMILES string of the molecule is CC1CC(C(=O)NCC(C)(C)N2CCOCC2)CCN1. The van der Waals surface area contributed by atoms with Gasteiger partial charge in [0.05, 0.1) is 13.2 Å². The summed E-state index contributed by atoms with van der Waals surface area (Å²) in [6.07, 6.45) is 1.90. The molecule has 0 aromatic heterocycles. The predicted molar refractivity (Wildman–Crippen MR) is 79.7 cm³/mol. The number of nitrogens with zero attached hydrogens (tertiary/aromatic N) is 1. The average molecular weight is 283 g/mol. The molecule has 0 saturated carbocycles. The van der Waals surface area contributed by atoms with Crippen LogP contribution in [-0.2, 0) is 9.53 Å². The lowest BCUT2D eigenvalue weighted by Gasteiger charge is -2.41. The number of ether oxygens (including phenoxy) is 1. The normalized spacial score (nSPS) is 29.1. The summed E-state index contributed by atoms with van der Waals surface area (Å²) < 4.78 is 5.39. The maximum atomic E-state index is 12.3. The second-order valence-corrected chi connectivity index (χ2v) is 6.71. The van der Waals surface area contributed by atoms with Crippen molar-refractivity contribution in [3.05, 3.63) is 0 Å². The lowest BCUT2D eigenvalue weighted by atomic mass is 9.92. The van der Waals surface area contributed by atoms with Gasteiger partial charge in [-0.1, -0.05) is 0 Å². The molecule has 2 heterocycles. The van der Waals surface area contributed by atoms with Crippen LogP contribution in [0.1, 0.15) is 33.6 Å². The summed E-state index contributed by atoms with van der Waals surface area (Å²) in [5.41, 5.74) is -0.00201. The Bertz CT molecular complexity index is 327. The van der Waals surface area contributed by atoms with Gasteiger partial charge in [0.15, 0.2) is 0 Å². The Morgan fingerprint density at radius 3 is 2.75 bits per heavy atom. The van der Waals surface area contributed by atoms with Gasteiger partial charge in [-0.25, -0.2) is 0 Å².